The van der Waals surface area contributed by atoms with Gasteiger partial charge < -0.3 is 20.1 Å². The summed E-state index contributed by atoms with van der Waals surface area (Å²) in [7, 11) is 1.54. The van der Waals surface area contributed by atoms with Crippen molar-refractivity contribution in [1.29, 1.82) is 0 Å². The van der Waals surface area contributed by atoms with Crippen molar-refractivity contribution in [3.63, 3.8) is 0 Å². The molecule has 8 heteroatoms. The Labute approximate surface area is 185 Å². The van der Waals surface area contributed by atoms with Crippen LogP contribution in [0.15, 0.2) is 66.7 Å². The average Bonchev–Trinajstić information content (AvgIpc) is 3.19. The first-order valence-electron chi connectivity index (χ1n) is 10.1. The second-order valence-corrected chi connectivity index (χ2v) is 7.59. The molecule has 0 spiro atoms. The summed E-state index contributed by atoms with van der Waals surface area (Å²) in [6.07, 6.45) is 0.366. The third-order valence-electron chi connectivity index (χ3n) is 5.54. The second-order valence-electron chi connectivity index (χ2n) is 7.59. The van der Waals surface area contributed by atoms with E-state index in [1.165, 1.54) is 13.2 Å². The van der Waals surface area contributed by atoms with Gasteiger partial charge in [0.05, 0.1) is 17.6 Å². The topological polar surface area (TPSA) is 108 Å². The molecule has 0 aliphatic carbocycles. The van der Waals surface area contributed by atoms with Crippen LogP contribution in [0.2, 0.25) is 0 Å². The van der Waals surface area contributed by atoms with Gasteiger partial charge in [-0.2, -0.15) is 0 Å². The first-order valence-corrected chi connectivity index (χ1v) is 10.1. The molecule has 1 saturated heterocycles. The minimum atomic E-state index is -0.429. The van der Waals surface area contributed by atoms with Gasteiger partial charge in [-0.15, -0.1) is 0 Å². The van der Waals surface area contributed by atoms with Crippen molar-refractivity contribution in [2.24, 2.45) is 0 Å². The van der Waals surface area contributed by atoms with Crippen molar-refractivity contribution in [2.75, 3.05) is 24.3 Å². The zero-order valence-corrected chi connectivity index (χ0v) is 17.6. The first-order chi connectivity index (χ1) is 15.5. The Balaban J connectivity index is 1.55. The summed E-state index contributed by atoms with van der Waals surface area (Å²) in [4.78, 5) is 25.2. The van der Waals surface area contributed by atoms with Gasteiger partial charge in [-0.3, -0.25) is 14.9 Å². The normalized spacial score (nSPS) is 15.6. The van der Waals surface area contributed by atoms with E-state index < -0.39 is 4.92 Å². The highest BCUT2D eigenvalue weighted by Gasteiger charge is 2.32. The number of methoxy groups -OCH3 is 1. The number of nitrogens with two attached hydrogens (primary N) is 1. The molecule has 4 rings (SSSR count). The number of nitrogen functional groups attached to an aromatic ring is 1. The molecule has 3 aromatic rings. The quantitative estimate of drug-likeness (QED) is 0.338. The molecule has 0 bridgehead atoms. The van der Waals surface area contributed by atoms with Crippen molar-refractivity contribution >= 4 is 23.0 Å². The smallest absolute Gasteiger partial charge is 0.276 e. The molecule has 32 heavy (non-hydrogen) atoms. The van der Waals surface area contributed by atoms with Crippen LogP contribution in [0.4, 0.5) is 17.1 Å². The summed E-state index contributed by atoms with van der Waals surface area (Å²) in [5.41, 5.74) is 8.65. The van der Waals surface area contributed by atoms with E-state index >= 15 is 0 Å². The number of hydrogen-bond donors (Lipinski definition) is 1. The predicted octanol–water partition coefficient (Wildman–Crippen LogP) is 4.29. The standard InChI is InChI=1S/C24H23N3O5/c1-31-22-10-9-16(11-23(22)32-15-17-5-2-3-8-21(17)27(29)30)18-12-24(28)26(14-18)20-7-4-6-19(25)13-20/h2-11,13,18H,12,14-15,25H2,1H3. The molecule has 1 fully saturated rings. The zero-order valence-electron chi connectivity index (χ0n) is 17.6. The van der Waals surface area contributed by atoms with Gasteiger partial charge in [-0.1, -0.05) is 24.3 Å². The largest absolute Gasteiger partial charge is 0.493 e. The molecule has 1 aliphatic rings. The Bertz CT molecular complexity index is 1160. The van der Waals surface area contributed by atoms with E-state index in [2.05, 4.69) is 0 Å². The maximum Gasteiger partial charge on any atom is 0.276 e. The number of benzene rings is 3. The maximum absolute atomic E-state index is 12.7. The number of hydrogen-bond acceptors (Lipinski definition) is 6. The molecule has 1 heterocycles. The van der Waals surface area contributed by atoms with Crippen molar-refractivity contribution in [3.05, 3.63) is 88.0 Å². The second kappa shape index (κ2) is 8.97. The Morgan fingerprint density at radius 2 is 1.91 bits per heavy atom. The molecule has 1 unspecified atom stereocenters. The van der Waals surface area contributed by atoms with Crippen molar-refractivity contribution in [1.82, 2.24) is 0 Å². The fourth-order valence-corrected chi connectivity index (χ4v) is 3.90. The molecular weight excluding hydrogens is 410 g/mol. The van der Waals surface area contributed by atoms with E-state index in [0.29, 0.717) is 35.7 Å². The monoisotopic (exact) mass is 433 g/mol. The molecule has 1 amide bonds. The lowest BCUT2D eigenvalue weighted by Gasteiger charge is -2.18. The lowest BCUT2D eigenvalue weighted by atomic mass is 9.98. The molecule has 0 radical (unpaired) electrons. The van der Waals surface area contributed by atoms with Crippen LogP contribution in [-0.4, -0.2) is 24.5 Å². The number of carbonyl (C=O) groups excluding carboxylic acids is 1. The van der Waals surface area contributed by atoms with Crippen molar-refractivity contribution in [3.8, 4) is 11.5 Å². The molecule has 1 aliphatic heterocycles. The van der Waals surface area contributed by atoms with Crippen LogP contribution in [0.1, 0.15) is 23.5 Å². The predicted molar refractivity (Wildman–Crippen MR) is 121 cm³/mol. The van der Waals surface area contributed by atoms with Crippen LogP contribution < -0.4 is 20.1 Å². The van der Waals surface area contributed by atoms with Crippen LogP contribution in [-0.2, 0) is 11.4 Å². The molecule has 0 saturated carbocycles. The number of carbonyl (C=O) groups is 1. The Morgan fingerprint density at radius 1 is 1.09 bits per heavy atom. The van der Waals surface area contributed by atoms with Gasteiger partial charge in [0.1, 0.15) is 6.61 Å². The number of para-hydroxylation sites is 1. The van der Waals surface area contributed by atoms with Crippen LogP contribution >= 0.6 is 0 Å². The van der Waals surface area contributed by atoms with Crippen molar-refractivity contribution in [2.45, 2.75) is 18.9 Å². The van der Waals surface area contributed by atoms with Gasteiger partial charge >= 0.3 is 0 Å². The highest BCUT2D eigenvalue weighted by Crippen LogP contribution is 2.37. The van der Waals surface area contributed by atoms with E-state index in [9.17, 15) is 14.9 Å². The minimum Gasteiger partial charge on any atom is -0.493 e. The third-order valence-corrected chi connectivity index (χ3v) is 5.54. The number of rotatable bonds is 7. The summed E-state index contributed by atoms with van der Waals surface area (Å²) in [5.74, 6) is 0.990. The van der Waals surface area contributed by atoms with E-state index in [1.807, 2.05) is 24.3 Å². The molecule has 8 nitrogen and oxygen atoms in total. The number of nitro benzene ring substituents is 1. The summed E-state index contributed by atoms with van der Waals surface area (Å²) in [6, 6.07) is 19.3. The Hall–Kier alpha value is -4.07. The van der Waals surface area contributed by atoms with E-state index in [-0.39, 0.29) is 24.1 Å². The number of nitro groups is 1. The summed E-state index contributed by atoms with van der Waals surface area (Å²) in [6.45, 7) is 0.550. The van der Waals surface area contributed by atoms with Crippen LogP contribution in [0.25, 0.3) is 0 Å². The van der Waals surface area contributed by atoms with Gasteiger partial charge in [-0.05, 0) is 42.0 Å². The molecule has 0 aromatic heterocycles. The fraction of sp³-hybridized carbons (Fsp3) is 0.208. The summed E-state index contributed by atoms with van der Waals surface area (Å²) >= 11 is 0. The lowest BCUT2D eigenvalue weighted by molar-refractivity contribution is -0.385. The van der Waals surface area contributed by atoms with E-state index in [4.69, 9.17) is 15.2 Å². The van der Waals surface area contributed by atoms with Gasteiger partial charge in [0.15, 0.2) is 11.5 Å². The number of ether oxygens (including phenoxy) is 2. The molecular formula is C24H23N3O5. The Kier molecular flexibility index (Phi) is 5.93. The average molecular weight is 433 g/mol. The molecule has 1 atom stereocenters. The molecule has 164 valence electrons. The van der Waals surface area contributed by atoms with Gasteiger partial charge in [0, 0.05) is 36.3 Å². The molecule has 2 N–H and O–H groups in total. The minimum absolute atomic E-state index is 0.00165. The third kappa shape index (κ3) is 4.34. The van der Waals surface area contributed by atoms with Crippen LogP contribution in [0, 0.1) is 10.1 Å². The van der Waals surface area contributed by atoms with Gasteiger partial charge in [0.25, 0.3) is 5.69 Å². The fourth-order valence-electron chi connectivity index (χ4n) is 3.90. The van der Waals surface area contributed by atoms with Crippen LogP contribution in [0.3, 0.4) is 0 Å². The number of anilines is 2. The number of nitrogens with zero attached hydrogens (tertiary/aromatic N) is 2. The van der Waals surface area contributed by atoms with Crippen LogP contribution in [0.5, 0.6) is 11.5 Å². The maximum atomic E-state index is 12.7. The van der Waals surface area contributed by atoms with Gasteiger partial charge in [-0.25, -0.2) is 0 Å². The van der Waals surface area contributed by atoms with Crippen molar-refractivity contribution < 1.29 is 19.2 Å². The molecule has 3 aromatic carbocycles. The van der Waals surface area contributed by atoms with Gasteiger partial charge in [0.2, 0.25) is 5.91 Å². The van der Waals surface area contributed by atoms with E-state index in [1.54, 1.807) is 41.3 Å². The summed E-state index contributed by atoms with van der Waals surface area (Å²) in [5, 5.41) is 11.3. The highest BCUT2D eigenvalue weighted by atomic mass is 16.6. The van der Waals surface area contributed by atoms with E-state index in [0.717, 1.165) is 11.3 Å². The zero-order chi connectivity index (χ0) is 22.7. The lowest BCUT2D eigenvalue weighted by Crippen LogP contribution is -2.24. The Morgan fingerprint density at radius 3 is 2.66 bits per heavy atom. The number of amides is 1. The first kappa shape index (κ1) is 21.2. The highest BCUT2D eigenvalue weighted by molar-refractivity contribution is 5.96. The summed E-state index contributed by atoms with van der Waals surface area (Å²) < 4.78 is 11.3. The SMILES string of the molecule is COc1ccc(C2CC(=O)N(c3cccc(N)c3)C2)cc1OCc1ccccc1[N+](=O)[O-].